The van der Waals surface area contributed by atoms with Crippen LogP contribution in [0.15, 0.2) is 36.1 Å². The molecule has 1 saturated carbocycles. The first-order valence-electron chi connectivity index (χ1n) is 12.0. The third kappa shape index (κ3) is 5.53. The highest BCUT2D eigenvalue weighted by Crippen LogP contribution is 2.35. The summed E-state index contributed by atoms with van der Waals surface area (Å²) in [6.07, 6.45) is 8.40. The predicted molar refractivity (Wildman–Crippen MR) is 140 cm³/mol. The van der Waals surface area contributed by atoms with E-state index < -0.39 is 6.09 Å². The average molecular weight is 495 g/mol. The number of rotatable bonds is 7. The van der Waals surface area contributed by atoms with Crippen LogP contribution in [0.2, 0.25) is 5.02 Å². The SMILES string of the molecule is C=C(CCC)c1nc2cc(C(N)=NC(=O)O)nc(-c3cncc(Cl)c3)c2n1CC1CCC(C)CC1. The van der Waals surface area contributed by atoms with E-state index in [0.717, 1.165) is 55.1 Å². The minimum atomic E-state index is -1.38. The number of hydrogen-bond donors (Lipinski definition) is 2. The van der Waals surface area contributed by atoms with Gasteiger partial charge in [-0.3, -0.25) is 4.98 Å². The van der Waals surface area contributed by atoms with Gasteiger partial charge in [-0.2, -0.15) is 4.99 Å². The number of aromatic nitrogens is 4. The third-order valence-corrected chi connectivity index (χ3v) is 6.83. The van der Waals surface area contributed by atoms with Crippen LogP contribution < -0.4 is 5.73 Å². The summed E-state index contributed by atoms with van der Waals surface area (Å²) in [5.74, 6) is 1.92. The molecule has 9 heteroatoms. The fraction of sp³-hybridized carbons (Fsp3) is 0.423. The van der Waals surface area contributed by atoms with Crippen molar-refractivity contribution >= 4 is 40.1 Å². The molecule has 35 heavy (non-hydrogen) atoms. The lowest BCUT2D eigenvalue weighted by molar-refractivity contribution is 0.205. The van der Waals surface area contributed by atoms with E-state index in [1.165, 1.54) is 12.8 Å². The Balaban J connectivity index is 1.96. The molecule has 0 saturated heterocycles. The monoisotopic (exact) mass is 494 g/mol. The molecule has 3 aromatic rings. The van der Waals surface area contributed by atoms with Crippen LogP contribution in [-0.2, 0) is 6.54 Å². The highest BCUT2D eigenvalue weighted by atomic mass is 35.5. The molecular weight excluding hydrogens is 464 g/mol. The van der Waals surface area contributed by atoms with E-state index in [2.05, 4.69) is 35.0 Å². The third-order valence-electron chi connectivity index (χ3n) is 6.63. The first-order chi connectivity index (χ1) is 16.8. The molecule has 3 aromatic heterocycles. The van der Waals surface area contributed by atoms with Gasteiger partial charge in [0.25, 0.3) is 0 Å². The second-order valence-electron chi connectivity index (χ2n) is 9.42. The van der Waals surface area contributed by atoms with Crippen molar-refractivity contribution in [2.75, 3.05) is 0 Å². The number of amides is 1. The maximum atomic E-state index is 11.2. The molecule has 3 heterocycles. The highest BCUT2D eigenvalue weighted by Gasteiger charge is 2.25. The molecule has 1 amide bonds. The maximum Gasteiger partial charge on any atom is 0.433 e. The fourth-order valence-electron chi connectivity index (χ4n) is 4.82. The van der Waals surface area contributed by atoms with Gasteiger partial charge in [0.2, 0.25) is 0 Å². The van der Waals surface area contributed by atoms with E-state index in [0.29, 0.717) is 27.7 Å². The first kappa shape index (κ1) is 24.9. The first-order valence-corrected chi connectivity index (χ1v) is 12.4. The van der Waals surface area contributed by atoms with Gasteiger partial charge in [-0.1, -0.05) is 51.3 Å². The van der Waals surface area contributed by atoms with Gasteiger partial charge < -0.3 is 15.4 Å². The molecular formula is C26H31ClN6O2. The summed E-state index contributed by atoms with van der Waals surface area (Å²) in [7, 11) is 0. The Bertz CT molecular complexity index is 1290. The zero-order valence-electron chi connectivity index (χ0n) is 20.2. The van der Waals surface area contributed by atoms with Crippen LogP contribution in [0.4, 0.5) is 4.79 Å². The van der Waals surface area contributed by atoms with Crippen LogP contribution in [0.1, 0.15) is 63.9 Å². The molecule has 0 atom stereocenters. The summed E-state index contributed by atoms with van der Waals surface area (Å²) < 4.78 is 2.23. The Hall–Kier alpha value is -3.26. The zero-order chi connectivity index (χ0) is 25.1. The molecule has 1 aliphatic carbocycles. The predicted octanol–water partition coefficient (Wildman–Crippen LogP) is 6.17. The topological polar surface area (TPSA) is 119 Å². The summed E-state index contributed by atoms with van der Waals surface area (Å²) in [5, 5.41) is 9.58. The van der Waals surface area contributed by atoms with Crippen LogP contribution in [0.5, 0.6) is 0 Å². The Morgan fingerprint density at radius 2 is 2.00 bits per heavy atom. The molecule has 4 rings (SSSR count). The van der Waals surface area contributed by atoms with Crippen molar-refractivity contribution in [2.24, 2.45) is 22.6 Å². The minimum Gasteiger partial charge on any atom is -0.463 e. The fourth-order valence-corrected chi connectivity index (χ4v) is 5.00. The van der Waals surface area contributed by atoms with E-state index in [-0.39, 0.29) is 11.5 Å². The maximum absolute atomic E-state index is 11.2. The highest BCUT2D eigenvalue weighted by molar-refractivity contribution is 6.30. The van der Waals surface area contributed by atoms with Crippen LogP contribution in [0, 0.1) is 11.8 Å². The van der Waals surface area contributed by atoms with E-state index in [9.17, 15) is 4.79 Å². The van der Waals surface area contributed by atoms with Gasteiger partial charge in [-0.25, -0.2) is 14.8 Å². The largest absolute Gasteiger partial charge is 0.463 e. The number of aliphatic imine (C=N–C) groups is 1. The molecule has 8 nitrogen and oxygen atoms in total. The van der Waals surface area contributed by atoms with E-state index >= 15 is 0 Å². The number of allylic oxidation sites excluding steroid dienone is 1. The standard InChI is InChI=1S/C26H31ClN6O2/c1-4-5-16(3)25-31-20-11-21(24(28)32-26(34)35)30-22(18-10-19(27)13-29-12-18)23(20)33(25)14-17-8-6-15(2)7-9-17/h10-13,15,17H,3-9,14H2,1-2H3,(H2,28,32)(H,34,35). The number of amidine groups is 1. The Morgan fingerprint density at radius 3 is 2.66 bits per heavy atom. The zero-order valence-corrected chi connectivity index (χ0v) is 20.9. The summed E-state index contributed by atoms with van der Waals surface area (Å²) in [6.45, 7) is 9.57. The number of nitrogens with two attached hydrogens (primary N) is 1. The van der Waals surface area contributed by atoms with Crippen molar-refractivity contribution in [1.82, 2.24) is 19.5 Å². The molecule has 0 aliphatic heterocycles. The summed E-state index contributed by atoms with van der Waals surface area (Å²) >= 11 is 6.27. The number of nitrogens with zero attached hydrogens (tertiary/aromatic N) is 5. The lowest BCUT2D eigenvalue weighted by atomic mass is 9.83. The molecule has 184 valence electrons. The molecule has 0 radical (unpaired) electrons. The minimum absolute atomic E-state index is 0.194. The van der Waals surface area contributed by atoms with Gasteiger partial charge in [-0.05, 0) is 48.8 Å². The van der Waals surface area contributed by atoms with E-state index in [1.54, 1.807) is 24.5 Å². The van der Waals surface area contributed by atoms with Gasteiger partial charge in [-0.15, -0.1) is 0 Å². The second kappa shape index (κ2) is 10.6. The summed E-state index contributed by atoms with van der Waals surface area (Å²) in [4.78, 5) is 28.5. The Kier molecular flexibility index (Phi) is 7.50. The van der Waals surface area contributed by atoms with Crippen LogP contribution in [-0.4, -0.2) is 36.6 Å². The average Bonchev–Trinajstić information content (AvgIpc) is 3.18. The normalized spacial score (nSPS) is 18.7. The van der Waals surface area contributed by atoms with Crippen molar-refractivity contribution in [3.8, 4) is 11.3 Å². The quantitative estimate of drug-likeness (QED) is 0.299. The molecule has 0 spiro atoms. The van der Waals surface area contributed by atoms with Crippen LogP contribution in [0.3, 0.4) is 0 Å². The van der Waals surface area contributed by atoms with E-state index in [1.807, 2.05) is 0 Å². The molecule has 0 bridgehead atoms. The van der Waals surface area contributed by atoms with Crippen molar-refractivity contribution in [3.63, 3.8) is 0 Å². The van der Waals surface area contributed by atoms with Crippen molar-refractivity contribution in [2.45, 2.75) is 58.9 Å². The molecule has 3 N–H and O–H groups in total. The van der Waals surface area contributed by atoms with Gasteiger partial charge >= 0.3 is 6.09 Å². The number of halogens is 1. The second-order valence-corrected chi connectivity index (χ2v) is 9.86. The number of imidazole rings is 1. The van der Waals surface area contributed by atoms with E-state index in [4.69, 9.17) is 32.4 Å². The van der Waals surface area contributed by atoms with Gasteiger partial charge in [0, 0.05) is 24.5 Å². The van der Waals surface area contributed by atoms with Crippen molar-refractivity contribution < 1.29 is 9.90 Å². The van der Waals surface area contributed by atoms with Gasteiger partial charge in [0.05, 0.1) is 21.7 Å². The number of carboxylic acid groups (broad SMARTS) is 1. The molecule has 1 aliphatic rings. The van der Waals surface area contributed by atoms with Crippen molar-refractivity contribution in [1.29, 1.82) is 0 Å². The Morgan fingerprint density at radius 1 is 1.26 bits per heavy atom. The lowest BCUT2D eigenvalue weighted by Gasteiger charge is -2.27. The lowest BCUT2D eigenvalue weighted by Crippen LogP contribution is -2.20. The van der Waals surface area contributed by atoms with Crippen LogP contribution in [0.25, 0.3) is 27.9 Å². The molecule has 1 fully saturated rings. The molecule has 0 aromatic carbocycles. The van der Waals surface area contributed by atoms with Gasteiger partial charge in [0.15, 0.2) is 5.84 Å². The van der Waals surface area contributed by atoms with Gasteiger partial charge in [0.1, 0.15) is 11.5 Å². The summed E-state index contributed by atoms with van der Waals surface area (Å²) in [6, 6.07) is 3.48. The number of hydrogen-bond acceptors (Lipinski definition) is 4. The smallest absolute Gasteiger partial charge is 0.433 e. The Labute approximate surface area is 210 Å². The summed E-state index contributed by atoms with van der Waals surface area (Å²) in [5.41, 5.74) is 9.96. The number of pyridine rings is 2. The van der Waals surface area contributed by atoms with Crippen molar-refractivity contribution in [3.05, 3.63) is 47.6 Å². The number of carbonyl (C=O) groups is 1. The number of fused-ring (bicyclic) bond motifs is 1. The van der Waals surface area contributed by atoms with Crippen LogP contribution >= 0.6 is 11.6 Å². The molecule has 0 unspecified atom stereocenters.